The zero-order valence-corrected chi connectivity index (χ0v) is 13.8. The Bertz CT molecular complexity index is 243. The van der Waals surface area contributed by atoms with Gasteiger partial charge in [-0.05, 0) is 33.1 Å². The predicted molar refractivity (Wildman–Crippen MR) is 83.6 cm³/mol. The van der Waals surface area contributed by atoms with Crippen LogP contribution in [0.1, 0.15) is 79.6 Å². The Morgan fingerprint density at radius 1 is 1.21 bits per heavy atom. The minimum Gasteiger partial charge on any atom is -0.378 e. The second kappa shape index (κ2) is 8.26. The second-order valence-corrected chi connectivity index (χ2v) is 6.51. The van der Waals surface area contributed by atoms with Gasteiger partial charge in [-0.2, -0.15) is 0 Å². The standard InChI is InChI=1S/C17H35NO/c1-6-9-10-11-12-14(4)18-15-13-16(19-8-3)17(15,5)7-2/h14-16,18H,6-13H2,1-5H3. The summed E-state index contributed by atoms with van der Waals surface area (Å²) in [7, 11) is 0. The van der Waals surface area contributed by atoms with E-state index < -0.39 is 0 Å². The Balaban J connectivity index is 2.29. The average Bonchev–Trinajstić information content (AvgIpc) is 2.41. The highest BCUT2D eigenvalue weighted by molar-refractivity contribution is 5.05. The molecule has 2 heteroatoms. The summed E-state index contributed by atoms with van der Waals surface area (Å²) in [6.07, 6.45) is 9.65. The maximum absolute atomic E-state index is 5.87. The van der Waals surface area contributed by atoms with E-state index in [1.807, 2.05) is 0 Å². The molecule has 4 unspecified atom stereocenters. The van der Waals surface area contributed by atoms with Crippen molar-refractivity contribution in [1.29, 1.82) is 0 Å². The van der Waals surface area contributed by atoms with Gasteiger partial charge in [0.1, 0.15) is 0 Å². The molecular formula is C17H35NO. The molecule has 4 atom stereocenters. The SMILES string of the molecule is CCCCCCC(C)NC1CC(OCC)C1(C)CC. The lowest BCUT2D eigenvalue weighted by Gasteiger charge is -2.54. The normalized spacial score (nSPS) is 32.1. The number of ether oxygens (including phenoxy) is 1. The Morgan fingerprint density at radius 3 is 2.53 bits per heavy atom. The molecule has 0 saturated heterocycles. The van der Waals surface area contributed by atoms with Crippen molar-refractivity contribution in [2.24, 2.45) is 5.41 Å². The lowest BCUT2D eigenvalue weighted by atomic mass is 9.61. The van der Waals surface area contributed by atoms with Crippen LogP contribution in [0.4, 0.5) is 0 Å². The van der Waals surface area contributed by atoms with Crippen LogP contribution in [-0.4, -0.2) is 24.8 Å². The Morgan fingerprint density at radius 2 is 1.95 bits per heavy atom. The van der Waals surface area contributed by atoms with Gasteiger partial charge in [-0.3, -0.25) is 0 Å². The molecule has 0 amide bonds. The first-order valence-electron chi connectivity index (χ1n) is 8.46. The minimum absolute atomic E-state index is 0.341. The van der Waals surface area contributed by atoms with E-state index >= 15 is 0 Å². The highest BCUT2D eigenvalue weighted by atomic mass is 16.5. The van der Waals surface area contributed by atoms with E-state index in [0.29, 0.717) is 23.6 Å². The van der Waals surface area contributed by atoms with E-state index in [-0.39, 0.29) is 0 Å². The van der Waals surface area contributed by atoms with Gasteiger partial charge in [-0.1, -0.05) is 46.5 Å². The smallest absolute Gasteiger partial charge is 0.0658 e. The fourth-order valence-electron chi connectivity index (χ4n) is 3.31. The summed E-state index contributed by atoms with van der Waals surface area (Å²) in [6, 6.07) is 1.30. The zero-order valence-electron chi connectivity index (χ0n) is 13.8. The summed E-state index contributed by atoms with van der Waals surface area (Å²) in [5, 5.41) is 3.84. The summed E-state index contributed by atoms with van der Waals surface area (Å²) in [5.74, 6) is 0. The minimum atomic E-state index is 0.341. The molecule has 0 aliphatic heterocycles. The van der Waals surface area contributed by atoms with E-state index in [9.17, 15) is 0 Å². The number of rotatable bonds is 10. The molecule has 0 aromatic carbocycles. The van der Waals surface area contributed by atoms with Crippen LogP contribution in [0.3, 0.4) is 0 Å². The van der Waals surface area contributed by atoms with E-state index in [2.05, 4.69) is 39.9 Å². The molecule has 1 aliphatic carbocycles. The van der Waals surface area contributed by atoms with Crippen molar-refractivity contribution in [3.8, 4) is 0 Å². The van der Waals surface area contributed by atoms with Gasteiger partial charge in [0.05, 0.1) is 6.10 Å². The molecule has 0 radical (unpaired) electrons. The maximum Gasteiger partial charge on any atom is 0.0658 e. The second-order valence-electron chi connectivity index (χ2n) is 6.51. The fourth-order valence-corrected chi connectivity index (χ4v) is 3.31. The Labute approximate surface area is 120 Å². The maximum atomic E-state index is 5.87. The molecule has 114 valence electrons. The van der Waals surface area contributed by atoms with Crippen LogP contribution in [0.25, 0.3) is 0 Å². The molecule has 1 rings (SSSR count). The van der Waals surface area contributed by atoms with Crippen LogP contribution < -0.4 is 5.32 Å². The monoisotopic (exact) mass is 269 g/mol. The summed E-state index contributed by atoms with van der Waals surface area (Å²) >= 11 is 0. The predicted octanol–water partition coefficient (Wildman–Crippen LogP) is 4.53. The van der Waals surface area contributed by atoms with Gasteiger partial charge in [0, 0.05) is 24.1 Å². The van der Waals surface area contributed by atoms with E-state index in [4.69, 9.17) is 4.74 Å². The fraction of sp³-hybridized carbons (Fsp3) is 1.00. The third-order valence-electron chi connectivity index (χ3n) is 5.09. The summed E-state index contributed by atoms with van der Waals surface area (Å²) < 4.78 is 5.87. The largest absolute Gasteiger partial charge is 0.378 e. The summed E-state index contributed by atoms with van der Waals surface area (Å²) in [4.78, 5) is 0. The number of hydrogen-bond donors (Lipinski definition) is 1. The highest BCUT2D eigenvalue weighted by Gasteiger charge is 2.51. The van der Waals surface area contributed by atoms with Crippen molar-refractivity contribution >= 4 is 0 Å². The van der Waals surface area contributed by atoms with Crippen LogP contribution in [0.2, 0.25) is 0 Å². The number of hydrogen-bond acceptors (Lipinski definition) is 2. The molecular weight excluding hydrogens is 234 g/mol. The first kappa shape index (κ1) is 17.0. The van der Waals surface area contributed by atoms with Gasteiger partial charge in [-0.25, -0.2) is 0 Å². The van der Waals surface area contributed by atoms with Crippen LogP contribution >= 0.6 is 0 Å². The van der Waals surface area contributed by atoms with Gasteiger partial charge < -0.3 is 10.1 Å². The Kier molecular flexibility index (Phi) is 7.38. The first-order valence-corrected chi connectivity index (χ1v) is 8.46. The molecule has 1 N–H and O–H groups in total. The molecule has 0 aromatic rings. The molecule has 0 aromatic heterocycles. The van der Waals surface area contributed by atoms with Crippen molar-refractivity contribution < 1.29 is 4.74 Å². The number of unbranched alkanes of at least 4 members (excludes halogenated alkanes) is 3. The van der Waals surface area contributed by atoms with E-state index in [1.54, 1.807) is 0 Å². The summed E-state index contributed by atoms with van der Waals surface area (Å²) in [6.45, 7) is 12.3. The van der Waals surface area contributed by atoms with Crippen molar-refractivity contribution in [3.05, 3.63) is 0 Å². The average molecular weight is 269 g/mol. The van der Waals surface area contributed by atoms with E-state index in [0.717, 1.165) is 6.61 Å². The van der Waals surface area contributed by atoms with Crippen molar-refractivity contribution in [2.45, 2.75) is 97.8 Å². The first-order chi connectivity index (χ1) is 9.08. The van der Waals surface area contributed by atoms with Crippen molar-refractivity contribution in [2.75, 3.05) is 6.61 Å². The van der Waals surface area contributed by atoms with Crippen molar-refractivity contribution in [3.63, 3.8) is 0 Å². The molecule has 1 saturated carbocycles. The summed E-state index contributed by atoms with van der Waals surface area (Å²) in [5.41, 5.74) is 0.341. The lowest BCUT2D eigenvalue weighted by molar-refractivity contribution is -0.127. The quantitative estimate of drug-likeness (QED) is 0.588. The van der Waals surface area contributed by atoms with Gasteiger partial charge >= 0.3 is 0 Å². The third kappa shape index (κ3) is 4.46. The lowest BCUT2D eigenvalue weighted by Crippen LogP contribution is -2.63. The van der Waals surface area contributed by atoms with E-state index in [1.165, 1.54) is 44.9 Å². The van der Waals surface area contributed by atoms with Crippen LogP contribution in [-0.2, 0) is 4.74 Å². The molecule has 1 fully saturated rings. The molecule has 19 heavy (non-hydrogen) atoms. The highest BCUT2D eigenvalue weighted by Crippen LogP contribution is 2.46. The molecule has 0 bridgehead atoms. The molecule has 0 heterocycles. The van der Waals surface area contributed by atoms with Gasteiger partial charge in [0.25, 0.3) is 0 Å². The van der Waals surface area contributed by atoms with Crippen molar-refractivity contribution in [1.82, 2.24) is 5.32 Å². The Hall–Kier alpha value is -0.0800. The molecule has 0 spiro atoms. The van der Waals surface area contributed by atoms with Crippen LogP contribution in [0.15, 0.2) is 0 Å². The number of nitrogens with one attached hydrogen (secondary N) is 1. The molecule has 2 nitrogen and oxygen atoms in total. The van der Waals surface area contributed by atoms with Crippen LogP contribution in [0, 0.1) is 5.41 Å². The topological polar surface area (TPSA) is 21.3 Å². The van der Waals surface area contributed by atoms with Gasteiger partial charge in [-0.15, -0.1) is 0 Å². The third-order valence-corrected chi connectivity index (χ3v) is 5.09. The van der Waals surface area contributed by atoms with Crippen LogP contribution in [0.5, 0.6) is 0 Å². The zero-order chi connectivity index (χ0) is 14.3. The molecule has 1 aliphatic rings. The van der Waals surface area contributed by atoms with Gasteiger partial charge in [0.2, 0.25) is 0 Å². The van der Waals surface area contributed by atoms with Gasteiger partial charge in [0.15, 0.2) is 0 Å².